The topological polar surface area (TPSA) is 64.7 Å². The van der Waals surface area contributed by atoms with E-state index < -0.39 is 5.82 Å². The SMILES string of the molecule is Fc1cccc(Cl)c1-c1nnc(-c2cc(-c3ccncc3)nc3ccccc23)o1. The molecule has 3 heterocycles. The first-order valence-corrected chi connectivity index (χ1v) is 9.17. The zero-order chi connectivity index (χ0) is 19.8. The predicted molar refractivity (Wildman–Crippen MR) is 109 cm³/mol. The minimum atomic E-state index is -0.523. The van der Waals surface area contributed by atoms with Gasteiger partial charge in [-0.2, -0.15) is 0 Å². The maximum Gasteiger partial charge on any atom is 0.252 e. The largest absolute Gasteiger partial charge is 0.416 e. The third kappa shape index (κ3) is 3.13. The van der Waals surface area contributed by atoms with E-state index in [1.54, 1.807) is 18.5 Å². The van der Waals surface area contributed by atoms with Crippen LogP contribution < -0.4 is 0 Å². The molecule has 5 nitrogen and oxygen atoms in total. The number of hydrogen-bond acceptors (Lipinski definition) is 5. The van der Waals surface area contributed by atoms with Gasteiger partial charge in [0.05, 0.1) is 27.4 Å². The lowest BCUT2D eigenvalue weighted by molar-refractivity contribution is 0.571. The number of hydrogen-bond donors (Lipinski definition) is 0. The smallest absolute Gasteiger partial charge is 0.252 e. The molecule has 29 heavy (non-hydrogen) atoms. The molecule has 0 N–H and O–H groups in total. The van der Waals surface area contributed by atoms with E-state index in [4.69, 9.17) is 21.0 Å². The molecule has 0 unspecified atom stereocenters. The number of pyridine rings is 2. The third-order valence-electron chi connectivity index (χ3n) is 4.52. The van der Waals surface area contributed by atoms with Crippen LogP contribution in [-0.2, 0) is 0 Å². The highest BCUT2D eigenvalue weighted by Crippen LogP contribution is 2.35. The Kier molecular flexibility index (Phi) is 4.26. The molecule has 0 radical (unpaired) electrons. The molecule has 5 aromatic rings. The van der Waals surface area contributed by atoms with Crippen LogP contribution in [0.15, 0.2) is 77.5 Å². The monoisotopic (exact) mass is 402 g/mol. The number of nitrogens with zero attached hydrogens (tertiary/aromatic N) is 4. The van der Waals surface area contributed by atoms with Crippen LogP contribution in [0.1, 0.15) is 0 Å². The Bertz CT molecular complexity index is 1320. The number of aromatic nitrogens is 4. The molecule has 140 valence electrons. The number of rotatable bonds is 3. The minimum Gasteiger partial charge on any atom is -0.416 e. The summed E-state index contributed by atoms with van der Waals surface area (Å²) < 4.78 is 20.1. The van der Waals surface area contributed by atoms with Crippen molar-refractivity contribution in [2.75, 3.05) is 0 Å². The number of para-hydroxylation sites is 1. The number of fused-ring (bicyclic) bond motifs is 1. The molecular weight excluding hydrogens is 391 g/mol. The van der Waals surface area contributed by atoms with Gasteiger partial charge in [0.1, 0.15) is 5.82 Å². The van der Waals surface area contributed by atoms with Crippen LogP contribution >= 0.6 is 11.6 Å². The summed E-state index contributed by atoms with van der Waals surface area (Å²) in [5.74, 6) is -0.243. The Morgan fingerprint density at radius 1 is 0.862 bits per heavy atom. The Morgan fingerprint density at radius 2 is 1.66 bits per heavy atom. The second-order valence-electron chi connectivity index (χ2n) is 6.32. The quantitative estimate of drug-likeness (QED) is 0.381. The average Bonchev–Trinajstić information content (AvgIpc) is 3.23. The van der Waals surface area contributed by atoms with E-state index in [9.17, 15) is 4.39 Å². The van der Waals surface area contributed by atoms with Crippen LogP contribution in [0, 0.1) is 5.82 Å². The van der Waals surface area contributed by atoms with Crippen molar-refractivity contribution in [1.82, 2.24) is 20.2 Å². The first kappa shape index (κ1) is 17.5. The van der Waals surface area contributed by atoms with E-state index in [2.05, 4.69) is 15.2 Å². The molecule has 3 aromatic heterocycles. The molecule has 0 fully saturated rings. The van der Waals surface area contributed by atoms with Gasteiger partial charge in [0.2, 0.25) is 5.89 Å². The summed E-state index contributed by atoms with van der Waals surface area (Å²) in [4.78, 5) is 8.78. The molecule has 0 saturated heterocycles. The summed E-state index contributed by atoms with van der Waals surface area (Å²) in [7, 11) is 0. The van der Waals surface area contributed by atoms with Crippen molar-refractivity contribution in [3.05, 3.63) is 83.9 Å². The van der Waals surface area contributed by atoms with Gasteiger partial charge in [0, 0.05) is 23.3 Å². The summed E-state index contributed by atoms with van der Waals surface area (Å²) in [5, 5.41) is 9.22. The van der Waals surface area contributed by atoms with Gasteiger partial charge in [-0.1, -0.05) is 35.9 Å². The summed E-state index contributed by atoms with van der Waals surface area (Å²) in [6.07, 6.45) is 3.41. The molecule has 2 aromatic carbocycles. The number of benzene rings is 2. The molecule has 0 aliphatic carbocycles. The minimum absolute atomic E-state index is 0.0226. The second kappa shape index (κ2) is 7.07. The van der Waals surface area contributed by atoms with Gasteiger partial charge in [-0.05, 0) is 36.4 Å². The van der Waals surface area contributed by atoms with Gasteiger partial charge in [0.25, 0.3) is 5.89 Å². The molecule has 0 saturated carbocycles. The van der Waals surface area contributed by atoms with E-state index >= 15 is 0 Å². The molecule has 0 amide bonds. The van der Waals surface area contributed by atoms with Gasteiger partial charge in [-0.25, -0.2) is 9.37 Å². The average molecular weight is 403 g/mol. The zero-order valence-electron chi connectivity index (χ0n) is 14.9. The van der Waals surface area contributed by atoms with Crippen molar-refractivity contribution >= 4 is 22.5 Å². The molecule has 0 spiro atoms. The van der Waals surface area contributed by atoms with Crippen LogP contribution in [0.5, 0.6) is 0 Å². The van der Waals surface area contributed by atoms with Crippen molar-refractivity contribution in [1.29, 1.82) is 0 Å². The van der Waals surface area contributed by atoms with Gasteiger partial charge in [-0.15, -0.1) is 10.2 Å². The van der Waals surface area contributed by atoms with Crippen LogP contribution in [0.25, 0.3) is 45.1 Å². The summed E-state index contributed by atoms with van der Waals surface area (Å²) in [5.41, 5.74) is 3.21. The predicted octanol–water partition coefficient (Wildman–Crippen LogP) is 5.81. The lowest BCUT2D eigenvalue weighted by Gasteiger charge is -2.07. The Morgan fingerprint density at radius 3 is 2.48 bits per heavy atom. The number of halogens is 2. The fourth-order valence-corrected chi connectivity index (χ4v) is 3.40. The molecule has 7 heteroatoms. The van der Waals surface area contributed by atoms with Crippen molar-refractivity contribution in [2.24, 2.45) is 0 Å². The summed E-state index contributed by atoms with van der Waals surface area (Å²) >= 11 is 6.14. The first-order chi connectivity index (χ1) is 14.2. The highest BCUT2D eigenvalue weighted by molar-refractivity contribution is 6.33. The maximum absolute atomic E-state index is 14.3. The van der Waals surface area contributed by atoms with E-state index in [-0.39, 0.29) is 22.4 Å². The van der Waals surface area contributed by atoms with Gasteiger partial charge >= 0.3 is 0 Å². The standard InChI is InChI=1S/C22H12ClFN4O/c23-16-5-3-6-17(24)20(16)22-28-27-21(29-22)15-12-19(13-8-10-25-11-9-13)26-18-7-2-1-4-14(15)18/h1-12H. The van der Waals surface area contributed by atoms with E-state index in [1.165, 1.54) is 12.1 Å². The summed E-state index contributed by atoms with van der Waals surface area (Å²) in [6, 6.07) is 17.7. The zero-order valence-corrected chi connectivity index (χ0v) is 15.6. The van der Waals surface area contributed by atoms with Gasteiger partial charge in [-0.3, -0.25) is 4.98 Å². The molecule has 0 atom stereocenters. The van der Waals surface area contributed by atoms with Crippen LogP contribution in [0.3, 0.4) is 0 Å². The maximum atomic E-state index is 14.3. The van der Waals surface area contributed by atoms with E-state index in [0.29, 0.717) is 5.56 Å². The highest BCUT2D eigenvalue weighted by Gasteiger charge is 2.19. The molecular formula is C22H12ClFN4O. The van der Waals surface area contributed by atoms with Crippen LogP contribution in [-0.4, -0.2) is 20.2 Å². The molecule has 5 rings (SSSR count). The van der Waals surface area contributed by atoms with Crippen molar-refractivity contribution in [3.63, 3.8) is 0 Å². The van der Waals surface area contributed by atoms with Gasteiger partial charge < -0.3 is 4.42 Å². The van der Waals surface area contributed by atoms with Crippen LogP contribution in [0.2, 0.25) is 5.02 Å². The Labute approximate surface area is 169 Å². The van der Waals surface area contributed by atoms with Crippen LogP contribution in [0.4, 0.5) is 4.39 Å². The molecule has 0 bridgehead atoms. The summed E-state index contributed by atoms with van der Waals surface area (Å²) in [6.45, 7) is 0. The van der Waals surface area contributed by atoms with Crippen molar-refractivity contribution in [3.8, 4) is 34.2 Å². The van der Waals surface area contributed by atoms with E-state index in [1.807, 2.05) is 42.5 Å². The highest BCUT2D eigenvalue weighted by atomic mass is 35.5. The lowest BCUT2D eigenvalue weighted by atomic mass is 10.0. The van der Waals surface area contributed by atoms with E-state index in [0.717, 1.165) is 22.2 Å². The molecule has 0 aliphatic heterocycles. The van der Waals surface area contributed by atoms with Gasteiger partial charge in [0.15, 0.2) is 0 Å². The first-order valence-electron chi connectivity index (χ1n) is 8.79. The Balaban J connectivity index is 1.71. The fourth-order valence-electron chi connectivity index (χ4n) is 3.16. The van der Waals surface area contributed by atoms with Crippen molar-refractivity contribution < 1.29 is 8.81 Å². The lowest BCUT2D eigenvalue weighted by Crippen LogP contribution is -1.90. The fraction of sp³-hybridized carbons (Fsp3) is 0. The molecule has 0 aliphatic rings. The Hall–Kier alpha value is -3.64. The normalized spacial score (nSPS) is 11.1. The third-order valence-corrected chi connectivity index (χ3v) is 4.84. The second-order valence-corrected chi connectivity index (χ2v) is 6.72. The van der Waals surface area contributed by atoms with Crippen molar-refractivity contribution in [2.45, 2.75) is 0 Å².